The molecule has 0 rings (SSSR count). The summed E-state index contributed by atoms with van der Waals surface area (Å²) in [7, 11) is 0. The SMILES string of the molecule is CCC[CH2][Zn+].[H-]. The minimum atomic E-state index is 0. The Morgan fingerprint density at radius 3 is 2.40 bits per heavy atom. The van der Waals surface area contributed by atoms with Crippen molar-refractivity contribution in [1.29, 1.82) is 0 Å². The Morgan fingerprint density at radius 2 is 2.40 bits per heavy atom. The second kappa shape index (κ2) is 4.62. The van der Waals surface area contributed by atoms with Crippen LogP contribution < -0.4 is 0 Å². The average Bonchev–Trinajstić information content (AvgIpc) is 1.41. The van der Waals surface area contributed by atoms with Crippen molar-refractivity contribution in [2.24, 2.45) is 0 Å². The number of hydrogen-bond donors (Lipinski definition) is 0. The quantitative estimate of drug-likeness (QED) is 0.492. The number of unbranched alkanes of at least 4 members (excludes halogenated alkanes) is 1. The molecule has 0 aromatic carbocycles. The maximum absolute atomic E-state index is 2.23. The van der Waals surface area contributed by atoms with Crippen LogP contribution in [0.5, 0.6) is 0 Å². The van der Waals surface area contributed by atoms with Gasteiger partial charge in [0.15, 0.2) is 0 Å². The Kier molecular flexibility index (Phi) is 5.20. The molecule has 0 amide bonds. The molecule has 0 aliphatic heterocycles. The van der Waals surface area contributed by atoms with Crippen LogP contribution in [-0.4, -0.2) is 0 Å². The molecule has 0 atom stereocenters. The minimum Gasteiger partial charge on any atom is -1.00 e. The fourth-order valence-electron chi connectivity index (χ4n) is 0.250. The molecule has 0 bridgehead atoms. The van der Waals surface area contributed by atoms with Crippen LogP contribution in [0.1, 0.15) is 21.2 Å². The van der Waals surface area contributed by atoms with Gasteiger partial charge in [0.2, 0.25) is 0 Å². The molecule has 0 radical (unpaired) electrons. The Hall–Kier alpha value is 0.623. The van der Waals surface area contributed by atoms with E-state index in [1.54, 1.807) is 0 Å². The summed E-state index contributed by atoms with van der Waals surface area (Å²) >= 11 is 1.48. The number of hydrogen-bond acceptors (Lipinski definition) is 0. The summed E-state index contributed by atoms with van der Waals surface area (Å²) in [6.07, 6.45) is 2.82. The van der Waals surface area contributed by atoms with Crippen LogP contribution in [0.2, 0.25) is 5.02 Å². The molecule has 5 heavy (non-hydrogen) atoms. The van der Waals surface area contributed by atoms with Gasteiger partial charge in [0, 0.05) is 0 Å². The Balaban J connectivity index is 0. The summed E-state index contributed by atoms with van der Waals surface area (Å²) in [5, 5.41) is 1.47. The van der Waals surface area contributed by atoms with E-state index in [0.717, 1.165) is 0 Å². The normalized spacial score (nSPS) is 8.60. The van der Waals surface area contributed by atoms with E-state index < -0.39 is 0 Å². The van der Waals surface area contributed by atoms with Crippen molar-refractivity contribution in [3.63, 3.8) is 0 Å². The van der Waals surface area contributed by atoms with E-state index in [0.29, 0.717) is 0 Å². The first-order valence-electron chi connectivity index (χ1n) is 2.21. The molecule has 0 nitrogen and oxygen atoms in total. The molecule has 0 aromatic heterocycles. The first kappa shape index (κ1) is 5.62. The van der Waals surface area contributed by atoms with Crippen LogP contribution in [0.15, 0.2) is 0 Å². The molecule has 0 aliphatic carbocycles. The van der Waals surface area contributed by atoms with Crippen LogP contribution in [0.3, 0.4) is 0 Å². The zero-order chi connectivity index (χ0) is 4.12. The van der Waals surface area contributed by atoms with E-state index in [1.807, 2.05) is 0 Å². The predicted molar refractivity (Wildman–Crippen MR) is 20.8 cm³/mol. The first-order chi connectivity index (χ1) is 2.41. The van der Waals surface area contributed by atoms with Gasteiger partial charge in [-0.3, -0.25) is 0 Å². The summed E-state index contributed by atoms with van der Waals surface area (Å²) in [5.41, 5.74) is 0. The van der Waals surface area contributed by atoms with Crippen LogP contribution in [0, 0.1) is 0 Å². The van der Waals surface area contributed by atoms with Gasteiger partial charge >= 0.3 is 43.1 Å². The van der Waals surface area contributed by atoms with Crippen LogP contribution in [-0.2, 0) is 18.3 Å². The van der Waals surface area contributed by atoms with E-state index in [4.69, 9.17) is 0 Å². The maximum atomic E-state index is 2.23. The first-order valence-corrected chi connectivity index (χ1v) is 4.31. The molecule has 28 valence electrons. The zero-order valence-corrected chi connectivity index (χ0v) is 6.80. The Labute approximate surface area is 45.1 Å². The van der Waals surface area contributed by atoms with Gasteiger partial charge < -0.3 is 1.43 Å². The van der Waals surface area contributed by atoms with E-state index in [1.165, 1.54) is 36.2 Å². The molecule has 1 heteroatoms. The Bertz CT molecular complexity index is 15.0. The van der Waals surface area contributed by atoms with Crippen LogP contribution in [0.4, 0.5) is 0 Å². The van der Waals surface area contributed by atoms with E-state index >= 15 is 0 Å². The monoisotopic (exact) mass is 122 g/mol. The van der Waals surface area contributed by atoms with Gasteiger partial charge in [0.1, 0.15) is 0 Å². The smallest absolute Gasteiger partial charge is 1.00 e. The van der Waals surface area contributed by atoms with Crippen LogP contribution >= 0.6 is 0 Å². The summed E-state index contributed by atoms with van der Waals surface area (Å²) in [6, 6.07) is 0. The van der Waals surface area contributed by atoms with Gasteiger partial charge in [-0.25, -0.2) is 0 Å². The van der Waals surface area contributed by atoms with Crippen LogP contribution in [0.25, 0.3) is 0 Å². The van der Waals surface area contributed by atoms with Crippen molar-refractivity contribution in [3.8, 4) is 0 Å². The van der Waals surface area contributed by atoms with Gasteiger partial charge in [-0.2, -0.15) is 0 Å². The second-order valence-electron chi connectivity index (χ2n) is 1.21. The molecular formula is C4H10Zn. The Morgan fingerprint density at radius 1 is 1.80 bits per heavy atom. The van der Waals surface area contributed by atoms with Crippen molar-refractivity contribution < 1.29 is 19.7 Å². The van der Waals surface area contributed by atoms with Crippen molar-refractivity contribution in [2.45, 2.75) is 24.8 Å². The largest absolute Gasteiger partial charge is 1.00 e. The molecule has 0 fully saturated rings. The fraction of sp³-hybridized carbons (Fsp3) is 1.00. The third-order valence-corrected chi connectivity index (χ3v) is 1.65. The standard InChI is InChI=1S/C4H9.Zn.H/c1-3-4-2;;/h1,3-4H2,2H3;;/q;+1;-1. The molecule has 0 unspecified atom stereocenters. The molecular weight excluding hydrogens is 113 g/mol. The fourth-order valence-corrected chi connectivity index (χ4v) is 1.30. The summed E-state index contributed by atoms with van der Waals surface area (Å²) in [4.78, 5) is 0. The molecule has 0 saturated heterocycles. The van der Waals surface area contributed by atoms with Crippen molar-refractivity contribution in [3.05, 3.63) is 0 Å². The summed E-state index contributed by atoms with van der Waals surface area (Å²) in [5.74, 6) is 0. The summed E-state index contributed by atoms with van der Waals surface area (Å²) in [6.45, 7) is 2.23. The van der Waals surface area contributed by atoms with E-state index in [-0.39, 0.29) is 1.43 Å². The molecule has 0 aliphatic rings. The molecule has 0 aromatic rings. The third kappa shape index (κ3) is 4.62. The topological polar surface area (TPSA) is 0 Å². The number of rotatable bonds is 2. The summed E-state index contributed by atoms with van der Waals surface area (Å²) < 4.78 is 0. The molecule has 0 N–H and O–H groups in total. The molecule has 0 saturated carbocycles. The van der Waals surface area contributed by atoms with E-state index in [9.17, 15) is 0 Å². The van der Waals surface area contributed by atoms with Gasteiger partial charge in [-0.1, -0.05) is 0 Å². The maximum Gasteiger partial charge on any atom is -1.00 e. The van der Waals surface area contributed by atoms with Gasteiger partial charge in [0.25, 0.3) is 0 Å². The van der Waals surface area contributed by atoms with Crippen molar-refractivity contribution in [2.75, 3.05) is 0 Å². The zero-order valence-electron chi connectivity index (χ0n) is 4.83. The third-order valence-electron chi connectivity index (χ3n) is 0.604. The minimum absolute atomic E-state index is 0. The van der Waals surface area contributed by atoms with E-state index in [2.05, 4.69) is 6.92 Å². The van der Waals surface area contributed by atoms with Crippen molar-refractivity contribution in [1.82, 2.24) is 0 Å². The predicted octanol–water partition coefficient (Wildman–Crippen LogP) is 1.86. The molecule has 0 spiro atoms. The van der Waals surface area contributed by atoms with Gasteiger partial charge in [-0.15, -0.1) is 0 Å². The van der Waals surface area contributed by atoms with Crippen molar-refractivity contribution >= 4 is 0 Å². The average molecular weight is 124 g/mol. The van der Waals surface area contributed by atoms with Gasteiger partial charge in [-0.05, 0) is 0 Å². The second-order valence-corrected chi connectivity index (χ2v) is 2.69. The van der Waals surface area contributed by atoms with Gasteiger partial charge in [0.05, 0.1) is 0 Å². The molecule has 0 heterocycles.